The van der Waals surface area contributed by atoms with Gasteiger partial charge in [0, 0.05) is 17.0 Å². The molecule has 0 aliphatic carbocycles. The molecule has 0 amide bonds. The van der Waals surface area contributed by atoms with E-state index in [1.807, 2.05) is 36.4 Å². The fourth-order valence-electron chi connectivity index (χ4n) is 2.13. The van der Waals surface area contributed by atoms with Crippen LogP contribution in [0.3, 0.4) is 0 Å². The molecule has 5 heteroatoms. The van der Waals surface area contributed by atoms with Crippen LogP contribution >= 0.6 is 0 Å². The van der Waals surface area contributed by atoms with Gasteiger partial charge in [-0.3, -0.25) is 4.98 Å². The lowest BCUT2D eigenvalue weighted by atomic mass is 10.1. The first-order chi connectivity index (χ1) is 9.42. The minimum atomic E-state index is 0.412. The lowest BCUT2D eigenvalue weighted by molar-refractivity contribution is 0.566. The minimum Gasteiger partial charge on any atom is -0.422 e. The van der Waals surface area contributed by atoms with Crippen LogP contribution in [-0.4, -0.2) is 20.2 Å². The summed E-state index contributed by atoms with van der Waals surface area (Å²) in [6, 6.07) is 11.8. The van der Waals surface area contributed by atoms with E-state index in [4.69, 9.17) is 4.42 Å². The Bertz CT molecular complexity index is 871. The van der Waals surface area contributed by atoms with Gasteiger partial charge >= 0.3 is 0 Å². The van der Waals surface area contributed by atoms with Gasteiger partial charge in [-0.1, -0.05) is 24.3 Å². The predicted octanol–water partition coefficient (Wildman–Crippen LogP) is 2.83. The van der Waals surface area contributed by atoms with Gasteiger partial charge in [-0.05, 0) is 12.1 Å². The van der Waals surface area contributed by atoms with E-state index >= 15 is 0 Å². The summed E-state index contributed by atoms with van der Waals surface area (Å²) < 4.78 is 5.18. The van der Waals surface area contributed by atoms with E-state index in [1.54, 1.807) is 6.20 Å². The Hall–Kier alpha value is -2.82. The predicted molar refractivity (Wildman–Crippen MR) is 70.3 cm³/mol. The van der Waals surface area contributed by atoms with Crippen LogP contribution < -0.4 is 0 Å². The second-order valence-corrected chi connectivity index (χ2v) is 4.15. The second kappa shape index (κ2) is 3.84. The Balaban J connectivity index is 2.09. The van der Waals surface area contributed by atoms with Crippen LogP contribution in [0, 0.1) is 0 Å². The Morgan fingerprint density at radius 3 is 2.58 bits per heavy atom. The maximum atomic E-state index is 5.18. The number of rotatable bonds is 1. The Kier molecular flexibility index (Phi) is 2.05. The van der Waals surface area contributed by atoms with E-state index in [-0.39, 0.29) is 0 Å². The van der Waals surface area contributed by atoms with Gasteiger partial charge in [-0.25, -0.2) is 4.98 Å². The fourth-order valence-corrected chi connectivity index (χ4v) is 2.13. The molecule has 0 spiro atoms. The van der Waals surface area contributed by atoms with E-state index in [1.165, 1.54) is 6.39 Å². The molecule has 0 unspecified atom stereocenters. The summed E-state index contributed by atoms with van der Waals surface area (Å²) in [5.41, 5.74) is 2.37. The Morgan fingerprint density at radius 1 is 0.895 bits per heavy atom. The maximum Gasteiger partial charge on any atom is 0.266 e. The van der Waals surface area contributed by atoms with Crippen molar-refractivity contribution in [2.75, 3.05) is 0 Å². The molecule has 0 bridgehead atoms. The molecule has 5 nitrogen and oxygen atoms in total. The summed E-state index contributed by atoms with van der Waals surface area (Å²) in [6.07, 6.45) is 3.06. The van der Waals surface area contributed by atoms with Crippen LogP contribution in [0.15, 0.2) is 53.4 Å². The Morgan fingerprint density at radius 2 is 1.74 bits per heavy atom. The highest BCUT2D eigenvalue weighted by Crippen LogP contribution is 2.24. The monoisotopic (exact) mass is 248 g/mol. The van der Waals surface area contributed by atoms with Crippen molar-refractivity contribution in [2.24, 2.45) is 0 Å². The molecule has 0 N–H and O–H groups in total. The molecule has 0 fully saturated rings. The number of aromatic nitrogens is 4. The van der Waals surface area contributed by atoms with E-state index < -0.39 is 0 Å². The highest BCUT2D eigenvalue weighted by Gasteiger charge is 2.08. The number of hydrogen-bond acceptors (Lipinski definition) is 5. The van der Waals surface area contributed by atoms with Gasteiger partial charge in [0.25, 0.3) is 5.89 Å². The van der Waals surface area contributed by atoms with Crippen LogP contribution in [0.1, 0.15) is 0 Å². The summed E-state index contributed by atoms with van der Waals surface area (Å²) in [5.74, 6) is 0.412. The number of hydrogen-bond donors (Lipinski definition) is 0. The van der Waals surface area contributed by atoms with Crippen molar-refractivity contribution < 1.29 is 4.42 Å². The molecule has 3 heterocycles. The van der Waals surface area contributed by atoms with Crippen molar-refractivity contribution in [1.29, 1.82) is 0 Å². The molecule has 4 rings (SSSR count). The summed E-state index contributed by atoms with van der Waals surface area (Å²) >= 11 is 0. The zero-order valence-electron chi connectivity index (χ0n) is 9.82. The third-order valence-corrected chi connectivity index (χ3v) is 3.01. The zero-order chi connectivity index (χ0) is 12.7. The van der Waals surface area contributed by atoms with Crippen LogP contribution in [0.2, 0.25) is 0 Å². The molecular formula is C14H8N4O. The normalized spacial score (nSPS) is 11.2. The van der Waals surface area contributed by atoms with Crippen molar-refractivity contribution in [1.82, 2.24) is 20.2 Å². The summed E-state index contributed by atoms with van der Waals surface area (Å²) in [7, 11) is 0. The molecule has 90 valence electrons. The zero-order valence-corrected chi connectivity index (χ0v) is 9.82. The quantitative estimate of drug-likeness (QED) is 0.484. The Labute approximate surface area is 107 Å². The number of benzene rings is 1. The van der Waals surface area contributed by atoms with E-state index in [2.05, 4.69) is 20.2 Å². The van der Waals surface area contributed by atoms with Gasteiger partial charge in [0.2, 0.25) is 6.39 Å². The average molecular weight is 248 g/mol. The molecule has 0 atom stereocenters. The highest BCUT2D eigenvalue weighted by molar-refractivity contribution is 6.03. The van der Waals surface area contributed by atoms with Crippen LogP contribution in [0.5, 0.6) is 0 Å². The average Bonchev–Trinajstić information content (AvgIpc) is 3.01. The van der Waals surface area contributed by atoms with Gasteiger partial charge in [-0.2, -0.15) is 0 Å². The van der Waals surface area contributed by atoms with Crippen LogP contribution in [-0.2, 0) is 0 Å². The first kappa shape index (κ1) is 10.1. The summed E-state index contributed by atoms with van der Waals surface area (Å²) in [4.78, 5) is 8.99. The van der Waals surface area contributed by atoms with Gasteiger partial charge in [-0.15, -0.1) is 10.2 Å². The number of nitrogens with zero attached hydrogens (tertiary/aromatic N) is 4. The second-order valence-electron chi connectivity index (χ2n) is 4.15. The molecule has 0 saturated carbocycles. The molecule has 0 aliphatic rings. The lowest BCUT2D eigenvalue weighted by Gasteiger charge is -2.03. The highest BCUT2D eigenvalue weighted by atomic mass is 16.4. The fraction of sp³-hybridized carbons (Fsp3) is 0. The van der Waals surface area contributed by atoms with Crippen molar-refractivity contribution in [3.63, 3.8) is 0 Å². The molecule has 0 radical (unpaired) electrons. The van der Waals surface area contributed by atoms with Gasteiger partial charge in [0.1, 0.15) is 5.69 Å². The first-order valence-electron chi connectivity index (χ1n) is 5.83. The molecule has 1 aromatic carbocycles. The van der Waals surface area contributed by atoms with E-state index in [0.29, 0.717) is 11.6 Å². The van der Waals surface area contributed by atoms with Gasteiger partial charge in [0.05, 0.1) is 11.0 Å². The minimum absolute atomic E-state index is 0.412. The maximum absolute atomic E-state index is 5.18. The molecule has 3 aromatic heterocycles. The molecular weight excluding hydrogens is 240 g/mol. The number of fused-ring (bicyclic) bond motifs is 3. The summed E-state index contributed by atoms with van der Waals surface area (Å²) in [5, 5.41) is 9.64. The van der Waals surface area contributed by atoms with Crippen LogP contribution in [0.4, 0.5) is 0 Å². The standard InChI is InChI=1S/C14H8N4O/c1-2-9-3-4-10-5-6-11(14-18-16-8-19-14)17-13(10)12(9)15-7-1/h1-8H. The molecule has 0 aliphatic heterocycles. The van der Waals surface area contributed by atoms with E-state index in [9.17, 15) is 0 Å². The third kappa shape index (κ3) is 1.55. The van der Waals surface area contributed by atoms with Gasteiger partial charge in [0.15, 0.2) is 0 Å². The van der Waals surface area contributed by atoms with Crippen molar-refractivity contribution in [3.8, 4) is 11.6 Å². The number of pyridine rings is 2. The molecule has 4 aromatic rings. The van der Waals surface area contributed by atoms with Crippen LogP contribution in [0.25, 0.3) is 33.4 Å². The molecule has 0 saturated heterocycles. The van der Waals surface area contributed by atoms with E-state index in [0.717, 1.165) is 21.8 Å². The van der Waals surface area contributed by atoms with Crippen molar-refractivity contribution >= 4 is 21.8 Å². The SMILES string of the molecule is c1cnc2c(c1)ccc1ccc(-c3nnco3)nc12. The lowest BCUT2D eigenvalue weighted by Crippen LogP contribution is -1.88. The third-order valence-electron chi connectivity index (χ3n) is 3.01. The largest absolute Gasteiger partial charge is 0.422 e. The van der Waals surface area contributed by atoms with Gasteiger partial charge < -0.3 is 4.42 Å². The summed E-state index contributed by atoms with van der Waals surface area (Å²) in [6.45, 7) is 0. The van der Waals surface area contributed by atoms with Crippen molar-refractivity contribution in [2.45, 2.75) is 0 Å². The molecule has 19 heavy (non-hydrogen) atoms. The topological polar surface area (TPSA) is 64.7 Å². The van der Waals surface area contributed by atoms with Crippen molar-refractivity contribution in [3.05, 3.63) is 49.0 Å². The first-order valence-corrected chi connectivity index (χ1v) is 5.83. The smallest absolute Gasteiger partial charge is 0.266 e.